The number of aromatic hydroxyl groups is 2. The Balaban J connectivity index is 1.34. The summed E-state index contributed by atoms with van der Waals surface area (Å²) in [7, 11) is 0. The molecule has 0 spiro atoms. The predicted octanol–water partition coefficient (Wildman–Crippen LogP) is 10.3. The number of aliphatic carboxylic acids is 1. The van der Waals surface area contributed by atoms with Crippen molar-refractivity contribution in [3.8, 4) is 17.2 Å². The summed E-state index contributed by atoms with van der Waals surface area (Å²) in [5.74, 6) is -4.80. The van der Waals surface area contributed by atoms with Crippen LogP contribution in [0.1, 0.15) is 120 Å². The van der Waals surface area contributed by atoms with Crippen LogP contribution in [-0.2, 0) is 10.2 Å². The van der Waals surface area contributed by atoms with Crippen LogP contribution in [0, 0.1) is 5.92 Å². The molecule has 2 aromatic rings. The van der Waals surface area contributed by atoms with E-state index in [1.165, 1.54) is 0 Å². The minimum Gasteiger partial charge on any atom is -0.508 e. The monoisotopic (exact) mass is 642 g/mol. The smallest absolute Gasteiger partial charge is 0.453 e. The summed E-state index contributed by atoms with van der Waals surface area (Å²) < 4.78 is 68.8. The Morgan fingerprint density at radius 1 is 0.822 bits per heavy atom. The van der Waals surface area contributed by atoms with Crippen molar-refractivity contribution in [1.29, 1.82) is 0 Å². The fourth-order valence-corrected chi connectivity index (χ4v) is 6.46. The van der Waals surface area contributed by atoms with Crippen molar-refractivity contribution in [2.75, 3.05) is 6.61 Å². The van der Waals surface area contributed by atoms with Crippen molar-refractivity contribution < 1.29 is 46.8 Å². The molecule has 3 atom stereocenters. The van der Waals surface area contributed by atoms with E-state index in [9.17, 15) is 42.1 Å². The Morgan fingerprint density at radius 2 is 1.36 bits per heavy atom. The number of carbonyl (C=O) groups is 1. The third-order valence-corrected chi connectivity index (χ3v) is 9.30. The van der Waals surface area contributed by atoms with Gasteiger partial charge in [0.25, 0.3) is 0 Å². The van der Waals surface area contributed by atoms with Gasteiger partial charge in [-0.3, -0.25) is 4.79 Å². The van der Waals surface area contributed by atoms with Gasteiger partial charge in [0.2, 0.25) is 0 Å². The first-order chi connectivity index (χ1) is 21.2. The van der Waals surface area contributed by atoms with Gasteiger partial charge in [-0.2, -0.15) is 22.0 Å². The molecular weight excluding hydrogens is 595 g/mol. The fourth-order valence-electron chi connectivity index (χ4n) is 6.46. The van der Waals surface area contributed by atoms with Crippen LogP contribution in [0.25, 0.3) is 0 Å². The average molecular weight is 643 g/mol. The lowest BCUT2D eigenvalue weighted by Gasteiger charge is -2.43. The molecular formula is C35H47F5O5. The zero-order valence-electron chi connectivity index (χ0n) is 26.1. The van der Waals surface area contributed by atoms with Gasteiger partial charge in [-0.05, 0) is 55.0 Å². The molecule has 3 rings (SSSR count). The molecule has 0 amide bonds. The maximum atomic E-state index is 13.0. The lowest BCUT2D eigenvalue weighted by molar-refractivity contribution is -0.284. The first-order valence-electron chi connectivity index (χ1n) is 16.2. The SMILES string of the molecule is C[C@]1(c2ccc(O)cc2)COc2cc(O)ccc2[C@H]1CCCCCCCCCC(CCCCCCC(F)(F)C(F)(F)F)C(=O)O. The van der Waals surface area contributed by atoms with Crippen LogP contribution in [-0.4, -0.2) is 40.0 Å². The van der Waals surface area contributed by atoms with Crippen LogP contribution in [0.15, 0.2) is 42.5 Å². The van der Waals surface area contributed by atoms with Crippen molar-refractivity contribution in [2.24, 2.45) is 5.92 Å². The molecule has 1 aliphatic heterocycles. The average Bonchev–Trinajstić information content (AvgIpc) is 2.97. The number of alkyl halides is 5. The molecule has 0 fully saturated rings. The summed E-state index contributed by atoms with van der Waals surface area (Å²) in [6.07, 6.45) is 2.96. The van der Waals surface area contributed by atoms with Gasteiger partial charge in [0.05, 0.1) is 12.5 Å². The van der Waals surface area contributed by atoms with E-state index in [0.29, 0.717) is 38.0 Å². The van der Waals surface area contributed by atoms with Gasteiger partial charge in [-0.15, -0.1) is 0 Å². The highest BCUT2D eigenvalue weighted by Crippen LogP contribution is 2.50. The molecule has 0 saturated carbocycles. The molecule has 10 heteroatoms. The van der Waals surface area contributed by atoms with Gasteiger partial charge < -0.3 is 20.1 Å². The summed E-state index contributed by atoms with van der Waals surface area (Å²) in [5.41, 5.74) is 1.88. The zero-order valence-corrected chi connectivity index (χ0v) is 26.1. The van der Waals surface area contributed by atoms with Gasteiger partial charge in [-0.1, -0.05) is 89.3 Å². The molecule has 0 aromatic heterocycles. The largest absolute Gasteiger partial charge is 0.508 e. The number of phenolic OH excluding ortho intramolecular Hbond substituents is 2. The minimum atomic E-state index is -5.52. The fraction of sp³-hybridized carbons (Fsp3) is 0.629. The molecule has 45 heavy (non-hydrogen) atoms. The van der Waals surface area contributed by atoms with Crippen molar-refractivity contribution >= 4 is 5.97 Å². The normalized spacial score (nSPS) is 19.1. The number of hydrogen-bond acceptors (Lipinski definition) is 4. The Kier molecular flexibility index (Phi) is 13.4. The quantitative estimate of drug-likeness (QED) is 0.105. The second-order valence-corrected chi connectivity index (χ2v) is 12.8. The van der Waals surface area contributed by atoms with Crippen LogP contribution in [0.2, 0.25) is 0 Å². The van der Waals surface area contributed by atoms with Gasteiger partial charge in [0.15, 0.2) is 0 Å². The number of benzene rings is 2. The van der Waals surface area contributed by atoms with E-state index in [1.807, 2.05) is 18.2 Å². The number of fused-ring (bicyclic) bond motifs is 1. The highest BCUT2D eigenvalue weighted by atomic mass is 19.4. The van der Waals surface area contributed by atoms with E-state index >= 15 is 0 Å². The van der Waals surface area contributed by atoms with E-state index in [-0.39, 0.29) is 35.7 Å². The highest BCUT2D eigenvalue weighted by Gasteiger charge is 2.56. The number of halogens is 5. The molecule has 1 heterocycles. The van der Waals surface area contributed by atoms with Gasteiger partial charge in [0, 0.05) is 23.8 Å². The molecule has 1 aliphatic rings. The lowest BCUT2D eigenvalue weighted by atomic mass is 9.66. The number of hydrogen-bond donors (Lipinski definition) is 3. The van der Waals surface area contributed by atoms with Gasteiger partial charge in [0.1, 0.15) is 17.2 Å². The first kappa shape index (κ1) is 36.4. The van der Waals surface area contributed by atoms with Crippen LogP contribution in [0.3, 0.4) is 0 Å². The number of unbranched alkanes of at least 4 members (excludes halogenated alkanes) is 9. The minimum absolute atomic E-state index is 0.170. The molecule has 252 valence electrons. The van der Waals surface area contributed by atoms with Crippen LogP contribution < -0.4 is 4.74 Å². The second kappa shape index (κ2) is 16.5. The first-order valence-corrected chi connectivity index (χ1v) is 16.2. The van der Waals surface area contributed by atoms with Crippen LogP contribution in [0.5, 0.6) is 17.2 Å². The standard InChI is InChI=1S/C35H47F5O5/c1-33(26-16-18-27(41)19-17-26)24-45-31-23-28(42)20-21-29(31)30(33)15-11-6-4-2-3-5-9-13-25(32(43)44)14-10-7-8-12-22-34(36,37)35(38,39)40/h16-21,23,25,30,41-42H,2-15,22,24H2,1H3,(H,43,44)/t25?,30-,33-/m1/s1. The number of rotatable bonds is 19. The summed E-state index contributed by atoms with van der Waals surface area (Å²) in [4.78, 5) is 11.6. The van der Waals surface area contributed by atoms with Crippen molar-refractivity contribution in [2.45, 2.75) is 127 Å². The van der Waals surface area contributed by atoms with E-state index in [0.717, 1.165) is 62.5 Å². The van der Waals surface area contributed by atoms with E-state index < -0.39 is 30.4 Å². The molecule has 1 unspecified atom stereocenters. The zero-order chi connectivity index (χ0) is 33.1. The third-order valence-electron chi connectivity index (χ3n) is 9.30. The summed E-state index contributed by atoms with van der Waals surface area (Å²) in [6.45, 7) is 2.65. The van der Waals surface area contributed by atoms with E-state index in [1.54, 1.807) is 24.3 Å². The van der Waals surface area contributed by atoms with Crippen LogP contribution >= 0.6 is 0 Å². The molecule has 3 N–H and O–H groups in total. The topological polar surface area (TPSA) is 87.0 Å². The Bertz CT molecular complexity index is 1200. The number of carboxylic acid groups (broad SMARTS) is 1. The lowest BCUT2D eigenvalue weighted by Crippen LogP contribution is -2.40. The summed E-state index contributed by atoms with van der Waals surface area (Å²) >= 11 is 0. The molecule has 0 aliphatic carbocycles. The van der Waals surface area contributed by atoms with Gasteiger partial charge in [-0.25, -0.2) is 0 Å². The summed E-state index contributed by atoms with van der Waals surface area (Å²) in [6, 6.07) is 12.6. The Morgan fingerprint density at radius 3 is 1.93 bits per heavy atom. The van der Waals surface area contributed by atoms with Gasteiger partial charge >= 0.3 is 18.1 Å². The number of carboxylic acids is 1. The molecule has 0 radical (unpaired) electrons. The molecule has 0 saturated heterocycles. The molecule has 2 aromatic carbocycles. The molecule has 5 nitrogen and oxygen atoms in total. The second-order valence-electron chi connectivity index (χ2n) is 12.8. The highest BCUT2D eigenvalue weighted by molar-refractivity contribution is 5.69. The predicted molar refractivity (Wildman–Crippen MR) is 163 cm³/mol. The Labute approximate surface area is 262 Å². The van der Waals surface area contributed by atoms with Crippen molar-refractivity contribution in [3.63, 3.8) is 0 Å². The summed E-state index contributed by atoms with van der Waals surface area (Å²) in [5, 5.41) is 29.3. The van der Waals surface area contributed by atoms with Crippen molar-refractivity contribution in [1.82, 2.24) is 0 Å². The Hall–Kier alpha value is -3.04. The van der Waals surface area contributed by atoms with Crippen LogP contribution in [0.4, 0.5) is 22.0 Å². The third kappa shape index (κ3) is 10.5. The van der Waals surface area contributed by atoms with E-state index in [2.05, 4.69) is 6.92 Å². The maximum absolute atomic E-state index is 13.0. The number of phenols is 2. The van der Waals surface area contributed by atoms with Crippen molar-refractivity contribution in [3.05, 3.63) is 53.6 Å². The van der Waals surface area contributed by atoms with E-state index in [4.69, 9.17) is 4.74 Å². The number of ether oxygens (including phenoxy) is 1. The maximum Gasteiger partial charge on any atom is 0.453 e. The molecule has 0 bridgehead atoms.